The number of Topliss-reactive ketones (excluding diaryl/α,β-unsaturated/α-hetero) is 1. The van der Waals surface area contributed by atoms with Crippen molar-refractivity contribution in [1.29, 1.82) is 0 Å². The molecule has 0 bridgehead atoms. The molecule has 1 aromatic rings. The second-order valence-electron chi connectivity index (χ2n) is 3.48. The standard InChI is InChI=1S/C11H13NO3/c1-14-10-6-7(12)5-8-9(13)3-2-4-15-11(8)10/h5-6H,2-4,12H2,1H3. The fourth-order valence-corrected chi connectivity index (χ4v) is 1.67. The molecule has 0 saturated heterocycles. The van der Waals surface area contributed by atoms with Gasteiger partial charge in [0.1, 0.15) is 0 Å². The summed E-state index contributed by atoms with van der Waals surface area (Å²) >= 11 is 0. The van der Waals surface area contributed by atoms with Crippen LogP contribution >= 0.6 is 0 Å². The molecule has 0 atom stereocenters. The molecule has 0 saturated carbocycles. The number of ketones is 1. The summed E-state index contributed by atoms with van der Waals surface area (Å²) in [6, 6.07) is 3.31. The molecule has 0 spiro atoms. The van der Waals surface area contributed by atoms with E-state index in [1.807, 2.05) is 0 Å². The van der Waals surface area contributed by atoms with E-state index in [2.05, 4.69) is 0 Å². The lowest BCUT2D eigenvalue weighted by Crippen LogP contribution is -2.02. The lowest BCUT2D eigenvalue weighted by Gasteiger charge is -2.11. The van der Waals surface area contributed by atoms with Gasteiger partial charge in [-0.25, -0.2) is 0 Å². The van der Waals surface area contributed by atoms with Gasteiger partial charge in [0.2, 0.25) is 0 Å². The maximum absolute atomic E-state index is 11.7. The van der Waals surface area contributed by atoms with Crippen LogP contribution in [0, 0.1) is 0 Å². The summed E-state index contributed by atoms with van der Waals surface area (Å²) in [5.74, 6) is 1.11. The van der Waals surface area contributed by atoms with E-state index in [1.165, 1.54) is 7.11 Å². The molecule has 80 valence electrons. The molecule has 0 aliphatic carbocycles. The lowest BCUT2D eigenvalue weighted by atomic mass is 10.1. The molecule has 1 aliphatic heterocycles. The molecule has 2 rings (SSSR count). The fraction of sp³-hybridized carbons (Fsp3) is 0.364. The largest absolute Gasteiger partial charge is 0.493 e. The zero-order valence-corrected chi connectivity index (χ0v) is 8.58. The molecule has 0 amide bonds. The van der Waals surface area contributed by atoms with Gasteiger partial charge in [0.25, 0.3) is 0 Å². The molecule has 4 heteroatoms. The predicted molar refractivity (Wildman–Crippen MR) is 56.5 cm³/mol. The Labute approximate surface area is 88.0 Å². The Kier molecular flexibility index (Phi) is 2.49. The summed E-state index contributed by atoms with van der Waals surface area (Å²) in [5.41, 5.74) is 6.73. The summed E-state index contributed by atoms with van der Waals surface area (Å²) in [7, 11) is 1.54. The van der Waals surface area contributed by atoms with E-state index in [-0.39, 0.29) is 5.78 Å². The molecule has 2 N–H and O–H groups in total. The Balaban J connectivity index is 2.58. The Hall–Kier alpha value is -1.71. The first-order chi connectivity index (χ1) is 7.22. The van der Waals surface area contributed by atoms with Crippen LogP contribution in [0.4, 0.5) is 5.69 Å². The Morgan fingerprint density at radius 2 is 2.27 bits per heavy atom. The van der Waals surface area contributed by atoms with Gasteiger partial charge in [-0.2, -0.15) is 0 Å². The third-order valence-corrected chi connectivity index (χ3v) is 2.39. The minimum Gasteiger partial charge on any atom is -0.493 e. The second-order valence-corrected chi connectivity index (χ2v) is 3.48. The average molecular weight is 207 g/mol. The second kappa shape index (κ2) is 3.81. The maximum atomic E-state index is 11.7. The minimum atomic E-state index is 0.0631. The third-order valence-electron chi connectivity index (χ3n) is 2.39. The van der Waals surface area contributed by atoms with Crippen LogP contribution in [0.1, 0.15) is 23.2 Å². The van der Waals surface area contributed by atoms with Crippen molar-refractivity contribution in [2.45, 2.75) is 12.8 Å². The Bertz CT molecular complexity index is 401. The number of ether oxygens (including phenoxy) is 2. The van der Waals surface area contributed by atoms with Gasteiger partial charge < -0.3 is 15.2 Å². The monoisotopic (exact) mass is 207 g/mol. The third kappa shape index (κ3) is 1.75. The van der Waals surface area contributed by atoms with Crippen molar-refractivity contribution < 1.29 is 14.3 Å². The van der Waals surface area contributed by atoms with Crippen molar-refractivity contribution in [3.05, 3.63) is 17.7 Å². The van der Waals surface area contributed by atoms with E-state index < -0.39 is 0 Å². The number of hydrogen-bond acceptors (Lipinski definition) is 4. The van der Waals surface area contributed by atoms with Crippen molar-refractivity contribution in [1.82, 2.24) is 0 Å². The van der Waals surface area contributed by atoms with Crippen LogP contribution in [0.3, 0.4) is 0 Å². The zero-order chi connectivity index (χ0) is 10.8. The smallest absolute Gasteiger partial charge is 0.172 e. The first-order valence-corrected chi connectivity index (χ1v) is 4.86. The van der Waals surface area contributed by atoms with Crippen molar-refractivity contribution in [3.63, 3.8) is 0 Å². The van der Waals surface area contributed by atoms with Gasteiger partial charge in [-0.05, 0) is 12.5 Å². The maximum Gasteiger partial charge on any atom is 0.172 e. The average Bonchev–Trinajstić information content (AvgIpc) is 2.40. The Morgan fingerprint density at radius 1 is 1.47 bits per heavy atom. The molecule has 1 heterocycles. The van der Waals surface area contributed by atoms with E-state index in [9.17, 15) is 4.79 Å². The van der Waals surface area contributed by atoms with E-state index in [0.717, 1.165) is 6.42 Å². The fourth-order valence-electron chi connectivity index (χ4n) is 1.67. The van der Waals surface area contributed by atoms with E-state index >= 15 is 0 Å². The quantitative estimate of drug-likeness (QED) is 0.711. The highest BCUT2D eigenvalue weighted by atomic mass is 16.5. The highest BCUT2D eigenvalue weighted by molar-refractivity contribution is 6.00. The zero-order valence-electron chi connectivity index (χ0n) is 8.58. The van der Waals surface area contributed by atoms with Gasteiger partial charge >= 0.3 is 0 Å². The molecule has 0 fully saturated rings. The SMILES string of the molecule is COc1cc(N)cc2c1OCCCC2=O. The van der Waals surface area contributed by atoms with E-state index in [1.54, 1.807) is 12.1 Å². The van der Waals surface area contributed by atoms with Crippen LogP contribution in [-0.2, 0) is 0 Å². The molecule has 4 nitrogen and oxygen atoms in total. The summed E-state index contributed by atoms with van der Waals surface area (Å²) in [6.07, 6.45) is 1.23. The number of benzene rings is 1. The molecule has 1 aliphatic rings. The number of nitrogens with two attached hydrogens (primary N) is 1. The van der Waals surface area contributed by atoms with Gasteiger partial charge in [0.15, 0.2) is 17.3 Å². The van der Waals surface area contributed by atoms with E-state index in [4.69, 9.17) is 15.2 Å². The summed E-state index contributed by atoms with van der Waals surface area (Å²) in [5, 5.41) is 0. The number of anilines is 1. The van der Waals surface area contributed by atoms with E-state index in [0.29, 0.717) is 35.8 Å². The van der Waals surface area contributed by atoms with Crippen molar-refractivity contribution in [2.75, 3.05) is 19.5 Å². The van der Waals surface area contributed by atoms with Crippen molar-refractivity contribution >= 4 is 11.5 Å². The summed E-state index contributed by atoms with van der Waals surface area (Å²) < 4.78 is 10.6. The molecule has 15 heavy (non-hydrogen) atoms. The van der Waals surface area contributed by atoms with Crippen LogP contribution in [0.15, 0.2) is 12.1 Å². The van der Waals surface area contributed by atoms with Crippen LogP contribution in [0.5, 0.6) is 11.5 Å². The van der Waals surface area contributed by atoms with Gasteiger partial charge in [0.05, 0.1) is 19.3 Å². The van der Waals surface area contributed by atoms with Crippen LogP contribution in [0.25, 0.3) is 0 Å². The molecule has 1 aromatic carbocycles. The predicted octanol–water partition coefficient (Wildman–Crippen LogP) is 1.63. The lowest BCUT2D eigenvalue weighted by molar-refractivity contribution is 0.0983. The highest BCUT2D eigenvalue weighted by Crippen LogP contribution is 2.36. The van der Waals surface area contributed by atoms with Crippen molar-refractivity contribution in [3.8, 4) is 11.5 Å². The number of nitrogen functional groups attached to an aromatic ring is 1. The Morgan fingerprint density at radius 3 is 3.00 bits per heavy atom. The van der Waals surface area contributed by atoms with Gasteiger partial charge in [-0.3, -0.25) is 4.79 Å². The van der Waals surface area contributed by atoms with Gasteiger partial charge in [-0.1, -0.05) is 0 Å². The highest BCUT2D eigenvalue weighted by Gasteiger charge is 2.21. The number of rotatable bonds is 1. The number of hydrogen-bond donors (Lipinski definition) is 1. The topological polar surface area (TPSA) is 61.6 Å². The molecular formula is C11H13NO3. The molecule has 0 unspecified atom stereocenters. The van der Waals surface area contributed by atoms with Crippen LogP contribution < -0.4 is 15.2 Å². The van der Waals surface area contributed by atoms with Gasteiger partial charge in [0, 0.05) is 18.2 Å². The van der Waals surface area contributed by atoms with Crippen LogP contribution in [-0.4, -0.2) is 19.5 Å². The number of methoxy groups -OCH3 is 1. The molecule has 0 radical (unpaired) electrons. The minimum absolute atomic E-state index is 0.0631. The number of carbonyl (C=O) groups is 1. The van der Waals surface area contributed by atoms with Gasteiger partial charge in [-0.15, -0.1) is 0 Å². The number of fused-ring (bicyclic) bond motifs is 1. The van der Waals surface area contributed by atoms with Crippen LogP contribution in [0.2, 0.25) is 0 Å². The number of carbonyl (C=O) groups excluding carboxylic acids is 1. The van der Waals surface area contributed by atoms with Crippen molar-refractivity contribution in [2.24, 2.45) is 0 Å². The first-order valence-electron chi connectivity index (χ1n) is 4.86. The summed E-state index contributed by atoms with van der Waals surface area (Å²) in [6.45, 7) is 0.541. The molecule has 0 aromatic heterocycles. The first kappa shape index (κ1) is 9.83. The normalized spacial score (nSPS) is 15.1. The molecular weight excluding hydrogens is 194 g/mol. The summed E-state index contributed by atoms with van der Waals surface area (Å²) in [4.78, 5) is 11.7.